The lowest BCUT2D eigenvalue weighted by Crippen LogP contribution is -2.26. The van der Waals surface area contributed by atoms with E-state index in [1.165, 1.54) is 70.5 Å². The van der Waals surface area contributed by atoms with Crippen molar-refractivity contribution < 1.29 is 4.79 Å². The lowest BCUT2D eigenvalue weighted by atomic mass is 9.69. The Hall–Kier alpha value is -0.330. The van der Waals surface area contributed by atoms with Crippen LogP contribution in [0.25, 0.3) is 0 Å². The number of hydrogen-bond donors (Lipinski definition) is 0. The summed E-state index contributed by atoms with van der Waals surface area (Å²) in [4.78, 5) is 10.8. The van der Waals surface area contributed by atoms with Gasteiger partial charge in [0.2, 0.25) is 0 Å². The minimum atomic E-state index is 0.391. The van der Waals surface area contributed by atoms with E-state index in [9.17, 15) is 4.79 Å². The van der Waals surface area contributed by atoms with Crippen LogP contribution in [0.15, 0.2) is 0 Å². The molecule has 0 spiro atoms. The van der Waals surface area contributed by atoms with Crippen LogP contribution in [0, 0.1) is 23.7 Å². The summed E-state index contributed by atoms with van der Waals surface area (Å²) in [6.07, 6.45) is 14.9. The van der Waals surface area contributed by atoms with Crippen molar-refractivity contribution in [2.24, 2.45) is 23.7 Å². The van der Waals surface area contributed by atoms with E-state index in [0.29, 0.717) is 5.92 Å². The van der Waals surface area contributed by atoms with Crippen LogP contribution in [0.5, 0.6) is 0 Å². The molecule has 0 aromatic rings. The zero-order valence-corrected chi connectivity index (χ0v) is 11.4. The molecule has 0 heterocycles. The van der Waals surface area contributed by atoms with E-state index in [2.05, 4.69) is 6.92 Å². The summed E-state index contributed by atoms with van der Waals surface area (Å²) < 4.78 is 0. The fourth-order valence-electron chi connectivity index (χ4n) is 4.11. The summed E-state index contributed by atoms with van der Waals surface area (Å²) in [7, 11) is 0. The molecule has 0 bridgehead atoms. The predicted octanol–water partition coefficient (Wildman–Crippen LogP) is 4.60. The molecule has 2 aliphatic carbocycles. The molecule has 0 saturated heterocycles. The fourth-order valence-corrected chi connectivity index (χ4v) is 4.11. The van der Waals surface area contributed by atoms with Crippen LogP contribution < -0.4 is 0 Å². The Bertz CT molecular complexity index is 220. The maximum Gasteiger partial charge on any atom is 0.123 e. The summed E-state index contributed by atoms with van der Waals surface area (Å²) in [5.74, 6) is 3.37. The summed E-state index contributed by atoms with van der Waals surface area (Å²) in [6.45, 7) is 2.31. The minimum Gasteiger partial charge on any atom is -0.303 e. The van der Waals surface area contributed by atoms with Crippen molar-refractivity contribution in [2.45, 2.75) is 71.1 Å². The van der Waals surface area contributed by atoms with Gasteiger partial charge in [-0.1, -0.05) is 32.6 Å². The zero-order valence-electron chi connectivity index (χ0n) is 11.4. The first-order chi connectivity index (χ1) is 8.33. The standard InChI is InChI=1S/C16H28O/c1-2-3-13-4-8-15(9-5-13)16-10-6-14(12-17)7-11-16/h12-16H,2-11H2,1H3. The first-order valence-corrected chi connectivity index (χ1v) is 7.78. The Labute approximate surface area is 106 Å². The van der Waals surface area contributed by atoms with Crippen LogP contribution in [-0.2, 0) is 4.79 Å². The van der Waals surface area contributed by atoms with Gasteiger partial charge in [-0.15, -0.1) is 0 Å². The molecule has 0 aliphatic heterocycles. The first kappa shape index (κ1) is 13.1. The number of carbonyl (C=O) groups is 1. The number of hydrogen-bond acceptors (Lipinski definition) is 1. The molecule has 0 radical (unpaired) electrons. The van der Waals surface area contributed by atoms with Crippen molar-refractivity contribution in [1.29, 1.82) is 0 Å². The lowest BCUT2D eigenvalue weighted by Gasteiger charge is -2.37. The Morgan fingerprint density at radius 3 is 1.88 bits per heavy atom. The number of carbonyl (C=O) groups excluding carboxylic acids is 1. The van der Waals surface area contributed by atoms with Crippen LogP contribution >= 0.6 is 0 Å². The zero-order chi connectivity index (χ0) is 12.1. The van der Waals surface area contributed by atoms with E-state index in [1.54, 1.807) is 0 Å². The van der Waals surface area contributed by atoms with Gasteiger partial charge in [0.15, 0.2) is 0 Å². The largest absolute Gasteiger partial charge is 0.303 e. The van der Waals surface area contributed by atoms with E-state index in [1.807, 2.05) is 0 Å². The summed E-state index contributed by atoms with van der Waals surface area (Å²) in [6, 6.07) is 0. The highest BCUT2D eigenvalue weighted by atomic mass is 16.1. The second-order valence-electron chi connectivity index (χ2n) is 6.38. The lowest BCUT2D eigenvalue weighted by molar-refractivity contribution is -0.112. The van der Waals surface area contributed by atoms with Crippen molar-refractivity contribution in [1.82, 2.24) is 0 Å². The van der Waals surface area contributed by atoms with Crippen LogP contribution in [0.4, 0.5) is 0 Å². The molecule has 0 amide bonds. The van der Waals surface area contributed by atoms with Crippen LogP contribution in [-0.4, -0.2) is 6.29 Å². The van der Waals surface area contributed by atoms with E-state index < -0.39 is 0 Å². The molecule has 17 heavy (non-hydrogen) atoms. The van der Waals surface area contributed by atoms with E-state index in [-0.39, 0.29) is 0 Å². The Morgan fingerprint density at radius 2 is 1.41 bits per heavy atom. The minimum absolute atomic E-state index is 0.391. The predicted molar refractivity (Wildman–Crippen MR) is 71.9 cm³/mol. The fraction of sp³-hybridized carbons (Fsp3) is 0.938. The molecule has 98 valence electrons. The molecule has 1 nitrogen and oxygen atoms in total. The van der Waals surface area contributed by atoms with Crippen LogP contribution in [0.2, 0.25) is 0 Å². The molecule has 0 aromatic carbocycles. The molecule has 0 N–H and O–H groups in total. The molecule has 0 atom stereocenters. The van der Waals surface area contributed by atoms with E-state index in [0.717, 1.165) is 17.8 Å². The highest BCUT2D eigenvalue weighted by molar-refractivity contribution is 5.53. The molecule has 0 aromatic heterocycles. The number of rotatable bonds is 4. The summed E-state index contributed by atoms with van der Waals surface area (Å²) in [5.41, 5.74) is 0. The molecule has 2 fully saturated rings. The molecule has 2 rings (SSSR count). The van der Waals surface area contributed by atoms with Crippen LogP contribution in [0.1, 0.15) is 71.1 Å². The van der Waals surface area contributed by atoms with Gasteiger partial charge in [-0.2, -0.15) is 0 Å². The van der Waals surface area contributed by atoms with E-state index in [4.69, 9.17) is 0 Å². The molecule has 0 unspecified atom stereocenters. The van der Waals surface area contributed by atoms with Gasteiger partial charge in [0, 0.05) is 5.92 Å². The van der Waals surface area contributed by atoms with Gasteiger partial charge >= 0.3 is 0 Å². The van der Waals surface area contributed by atoms with Gasteiger partial charge in [0.25, 0.3) is 0 Å². The summed E-state index contributed by atoms with van der Waals surface area (Å²) >= 11 is 0. The van der Waals surface area contributed by atoms with Crippen molar-refractivity contribution in [3.8, 4) is 0 Å². The average molecular weight is 236 g/mol. The SMILES string of the molecule is CCCC1CCC(C2CCC(C=O)CC2)CC1. The molecule has 2 aliphatic rings. The third-order valence-corrected chi connectivity index (χ3v) is 5.26. The van der Waals surface area contributed by atoms with Gasteiger partial charge in [0.1, 0.15) is 6.29 Å². The van der Waals surface area contributed by atoms with Gasteiger partial charge in [-0.25, -0.2) is 0 Å². The third-order valence-electron chi connectivity index (χ3n) is 5.26. The summed E-state index contributed by atoms with van der Waals surface area (Å²) in [5, 5.41) is 0. The number of aldehydes is 1. The molecular formula is C16H28O. The smallest absolute Gasteiger partial charge is 0.123 e. The van der Waals surface area contributed by atoms with Crippen molar-refractivity contribution in [2.75, 3.05) is 0 Å². The second-order valence-corrected chi connectivity index (χ2v) is 6.38. The highest BCUT2D eigenvalue weighted by Crippen LogP contribution is 2.41. The second kappa shape index (κ2) is 6.56. The maximum atomic E-state index is 10.8. The molecule has 2 saturated carbocycles. The Morgan fingerprint density at radius 1 is 0.882 bits per heavy atom. The molecule has 1 heteroatoms. The van der Waals surface area contributed by atoms with Gasteiger partial charge < -0.3 is 4.79 Å². The van der Waals surface area contributed by atoms with Crippen molar-refractivity contribution in [3.63, 3.8) is 0 Å². The van der Waals surface area contributed by atoms with Crippen LogP contribution in [0.3, 0.4) is 0 Å². The monoisotopic (exact) mass is 236 g/mol. The van der Waals surface area contributed by atoms with E-state index >= 15 is 0 Å². The van der Waals surface area contributed by atoms with Gasteiger partial charge in [0.05, 0.1) is 0 Å². The van der Waals surface area contributed by atoms with Crippen molar-refractivity contribution in [3.05, 3.63) is 0 Å². The average Bonchev–Trinajstić information content (AvgIpc) is 2.40. The topological polar surface area (TPSA) is 17.1 Å². The van der Waals surface area contributed by atoms with Gasteiger partial charge in [-0.05, 0) is 56.3 Å². The highest BCUT2D eigenvalue weighted by Gasteiger charge is 2.30. The third kappa shape index (κ3) is 3.56. The maximum absolute atomic E-state index is 10.8. The van der Waals surface area contributed by atoms with Crippen molar-refractivity contribution >= 4 is 6.29 Å². The quantitative estimate of drug-likeness (QED) is 0.652. The Balaban J connectivity index is 1.72. The first-order valence-electron chi connectivity index (χ1n) is 7.78. The van der Waals surface area contributed by atoms with Gasteiger partial charge in [-0.3, -0.25) is 0 Å². The Kier molecular flexibility index (Phi) is 5.06. The normalized spacial score (nSPS) is 38.9. The molecular weight excluding hydrogens is 208 g/mol.